The van der Waals surface area contributed by atoms with Crippen molar-refractivity contribution in [2.45, 2.75) is 25.6 Å². The van der Waals surface area contributed by atoms with Crippen LogP contribution in [0.3, 0.4) is 0 Å². The molecule has 3 rings (SSSR count). The molecule has 1 aromatic carbocycles. The summed E-state index contributed by atoms with van der Waals surface area (Å²) in [6, 6.07) is 8.89. The molecule has 130 valence electrons. The van der Waals surface area contributed by atoms with E-state index in [1.165, 1.54) is 17.6 Å². The van der Waals surface area contributed by atoms with Crippen LogP contribution in [-0.2, 0) is 29.1 Å². The number of benzene rings is 1. The molecule has 0 bridgehead atoms. The van der Waals surface area contributed by atoms with Gasteiger partial charge in [0.15, 0.2) is 0 Å². The third kappa shape index (κ3) is 3.76. The smallest absolute Gasteiger partial charge is 0.327 e. The first-order valence-electron chi connectivity index (χ1n) is 7.41. The number of methoxy groups -OCH3 is 1. The van der Waals surface area contributed by atoms with Crippen LogP contribution in [0.2, 0.25) is 5.02 Å². The Balaban J connectivity index is 0.00000208. The highest BCUT2D eigenvalue weighted by Crippen LogP contribution is 2.35. The second-order valence-corrected chi connectivity index (χ2v) is 7.12. The minimum Gasteiger partial charge on any atom is -0.468 e. The van der Waals surface area contributed by atoms with Crippen molar-refractivity contribution in [1.29, 1.82) is 0 Å². The summed E-state index contributed by atoms with van der Waals surface area (Å²) < 4.78 is 5.01. The van der Waals surface area contributed by atoms with Gasteiger partial charge in [-0.15, -0.1) is 23.7 Å². The maximum Gasteiger partial charge on any atom is 0.327 e. The molecular formula is C17H19Cl2NO3S. The standard InChI is InChI=1S/C17H18ClNO3S.ClH/c1-22-17(21)16(13-4-2-3-5-14(13)18)19-7-6-15-11(9-19)8-12(10-20)23-15;/h2-5,8,16,20H,6-7,9-10H2,1H3;1H/t16-;/m0./s1. The normalized spacial score (nSPS) is 15.3. The molecule has 2 aromatic rings. The van der Waals surface area contributed by atoms with Gasteiger partial charge in [-0.25, -0.2) is 4.79 Å². The molecule has 24 heavy (non-hydrogen) atoms. The lowest BCUT2D eigenvalue weighted by Gasteiger charge is -2.33. The average Bonchev–Trinajstić information content (AvgIpc) is 2.99. The molecule has 1 atom stereocenters. The fraction of sp³-hybridized carbons (Fsp3) is 0.353. The van der Waals surface area contributed by atoms with Gasteiger partial charge in [0, 0.05) is 27.9 Å². The topological polar surface area (TPSA) is 49.8 Å². The van der Waals surface area contributed by atoms with Crippen molar-refractivity contribution in [2.24, 2.45) is 0 Å². The summed E-state index contributed by atoms with van der Waals surface area (Å²) in [4.78, 5) is 16.7. The van der Waals surface area contributed by atoms with Gasteiger partial charge in [0.05, 0.1) is 13.7 Å². The van der Waals surface area contributed by atoms with Crippen molar-refractivity contribution < 1.29 is 14.6 Å². The lowest BCUT2D eigenvalue weighted by atomic mass is 10.0. The summed E-state index contributed by atoms with van der Waals surface area (Å²) in [5, 5.41) is 9.87. The Hall–Kier alpha value is -1.11. The maximum atomic E-state index is 12.4. The van der Waals surface area contributed by atoms with Crippen LogP contribution < -0.4 is 0 Å². The molecule has 0 saturated heterocycles. The first-order chi connectivity index (χ1) is 11.1. The Morgan fingerprint density at radius 1 is 1.46 bits per heavy atom. The van der Waals surface area contributed by atoms with E-state index in [0.717, 1.165) is 23.4 Å². The largest absolute Gasteiger partial charge is 0.468 e. The van der Waals surface area contributed by atoms with Crippen molar-refractivity contribution >= 4 is 41.3 Å². The molecular weight excluding hydrogens is 369 g/mol. The van der Waals surface area contributed by atoms with E-state index in [4.69, 9.17) is 16.3 Å². The van der Waals surface area contributed by atoms with Crippen molar-refractivity contribution in [2.75, 3.05) is 13.7 Å². The van der Waals surface area contributed by atoms with Crippen LogP contribution in [0, 0.1) is 0 Å². The minimum absolute atomic E-state index is 0. The number of nitrogens with zero attached hydrogens (tertiary/aromatic N) is 1. The monoisotopic (exact) mass is 387 g/mol. The Labute approximate surface area is 156 Å². The van der Waals surface area contributed by atoms with Crippen molar-refractivity contribution in [3.8, 4) is 0 Å². The molecule has 0 saturated carbocycles. The van der Waals surface area contributed by atoms with Crippen LogP contribution in [-0.4, -0.2) is 29.6 Å². The second kappa shape index (κ2) is 8.32. The predicted molar refractivity (Wildman–Crippen MR) is 97.8 cm³/mol. The van der Waals surface area contributed by atoms with Gasteiger partial charge in [-0.05, 0) is 29.7 Å². The zero-order valence-corrected chi connectivity index (χ0v) is 15.6. The highest BCUT2D eigenvalue weighted by Gasteiger charge is 2.33. The van der Waals surface area contributed by atoms with Gasteiger partial charge >= 0.3 is 5.97 Å². The summed E-state index contributed by atoms with van der Waals surface area (Å²) in [7, 11) is 1.40. The van der Waals surface area contributed by atoms with E-state index in [2.05, 4.69) is 4.90 Å². The average molecular weight is 388 g/mol. The molecule has 0 radical (unpaired) electrons. The predicted octanol–water partition coefficient (Wildman–Crippen LogP) is 3.59. The third-order valence-electron chi connectivity index (χ3n) is 4.09. The molecule has 0 spiro atoms. The summed E-state index contributed by atoms with van der Waals surface area (Å²) in [6.07, 6.45) is 0.859. The van der Waals surface area contributed by atoms with Gasteiger partial charge in [0.25, 0.3) is 0 Å². The molecule has 1 aliphatic rings. The van der Waals surface area contributed by atoms with Gasteiger partial charge in [-0.2, -0.15) is 0 Å². The molecule has 1 aromatic heterocycles. The molecule has 2 heterocycles. The Kier molecular flexibility index (Phi) is 6.66. The van der Waals surface area contributed by atoms with Gasteiger partial charge < -0.3 is 9.84 Å². The lowest BCUT2D eigenvalue weighted by molar-refractivity contribution is -0.147. The van der Waals surface area contributed by atoms with E-state index in [1.807, 2.05) is 24.3 Å². The first-order valence-corrected chi connectivity index (χ1v) is 8.61. The third-order valence-corrected chi connectivity index (χ3v) is 5.66. The first kappa shape index (κ1) is 19.2. The van der Waals surface area contributed by atoms with Crippen LogP contribution >= 0.6 is 35.3 Å². The molecule has 4 nitrogen and oxygen atoms in total. The number of hydrogen-bond donors (Lipinski definition) is 1. The van der Waals surface area contributed by atoms with Crippen LogP contribution in [0.4, 0.5) is 0 Å². The van der Waals surface area contributed by atoms with E-state index < -0.39 is 6.04 Å². The SMILES string of the molecule is COC(=O)[C@H](c1ccccc1Cl)N1CCc2sc(CO)cc2C1.Cl. The van der Waals surface area contributed by atoms with Gasteiger partial charge in [-0.1, -0.05) is 29.8 Å². The lowest BCUT2D eigenvalue weighted by Crippen LogP contribution is -2.38. The Bertz CT molecular complexity index is 720. The van der Waals surface area contributed by atoms with Crippen molar-refractivity contribution in [1.82, 2.24) is 4.90 Å². The van der Waals surface area contributed by atoms with Gasteiger partial charge in [0.1, 0.15) is 6.04 Å². The van der Waals surface area contributed by atoms with Crippen molar-refractivity contribution in [3.63, 3.8) is 0 Å². The number of carbonyl (C=O) groups excluding carboxylic acids is 1. The molecule has 0 fully saturated rings. The summed E-state index contributed by atoms with van der Waals surface area (Å²) in [5.74, 6) is -0.306. The van der Waals surface area contributed by atoms with E-state index in [-0.39, 0.29) is 25.0 Å². The second-order valence-electron chi connectivity index (χ2n) is 5.49. The van der Waals surface area contributed by atoms with Crippen molar-refractivity contribution in [3.05, 3.63) is 56.2 Å². The fourth-order valence-corrected chi connectivity index (χ4v) is 4.27. The number of ether oxygens (including phenoxy) is 1. The Morgan fingerprint density at radius 3 is 2.88 bits per heavy atom. The van der Waals surface area contributed by atoms with Crippen LogP contribution in [0.1, 0.15) is 26.9 Å². The number of carbonyl (C=O) groups is 1. The van der Waals surface area contributed by atoms with E-state index in [1.54, 1.807) is 17.4 Å². The molecule has 1 aliphatic heterocycles. The number of rotatable bonds is 4. The minimum atomic E-state index is -0.515. The number of hydrogen-bond acceptors (Lipinski definition) is 5. The summed E-state index contributed by atoms with van der Waals surface area (Å²) in [5.41, 5.74) is 1.94. The van der Waals surface area contributed by atoms with Crippen LogP contribution in [0.25, 0.3) is 0 Å². The highest BCUT2D eigenvalue weighted by molar-refractivity contribution is 7.12. The van der Waals surface area contributed by atoms with E-state index >= 15 is 0 Å². The van der Waals surface area contributed by atoms with E-state index in [9.17, 15) is 9.90 Å². The molecule has 7 heteroatoms. The van der Waals surface area contributed by atoms with Crippen LogP contribution in [0.15, 0.2) is 30.3 Å². The number of halogens is 2. The zero-order chi connectivity index (χ0) is 16.4. The number of esters is 1. The molecule has 0 unspecified atom stereocenters. The molecule has 0 aliphatic carbocycles. The number of fused-ring (bicyclic) bond motifs is 1. The van der Waals surface area contributed by atoms with Gasteiger partial charge in [-0.3, -0.25) is 4.90 Å². The van der Waals surface area contributed by atoms with Gasteiger partial charge in [0.2, 0.25) is 0 Å². The number of aliphatic hydroxyl groups excluding tert-OH is 1. The van der Waals surface area contributed by atoms with E-state index in [0.29, 0.717) is 11.6 Å². The highest BCUT2D eigenvalue weighted by atomic mass is 35.5. The summed E-state index contributed by atoms with van der Waals surface area (Å²) >= 11 is 7.94. The van der Waals surface area contributed by atoms with Crippen LogP contribution in [0.5, 0.6) is 0 Å². The molecule has 1 N–H and O–H groups in total. The fourth-order valence-electron chi connectivity index (χ4n) is 3.00. The Morgan fingerprint density at radius 2 is 2.21 bits per heavy atom. The zero-order valence-electron chi connectivity index (χ0n) is 13.2. The molecule has 0 amide bonds. The summed E-state index contributed by atoms with van der Waals surface area (Å²) in [6.45, 7) is 1.46. The quantitative estimate of drug-likeness (QED) is 0.814. The number of thiophene rings is 1. The maximum absolute atomic E-state index is 12.4. The number of aliphatic hydroxyl groups is 1.